The maximum atomic E-state index is 12.1. The van der Waals surface area contributed by atoms with Crippen LogP contribution in [0.5, 0.6) is 0 Å². The van der Waals surface area contributed by atoms with E-state index < -0.39 is 5.54 Å². The fourth-order valence-electron chi connectivity index (χ4n) is 3.89. The Balaban J connectivity index is 1.92. The van der Waals surface area contributed by atoms with E-state index in [1.807, 2.05) is 6.92 Å². The van der Waals surface area contributed by atoms with Crippen molar-refractivity contribution in [3.8, 4) is 12.3 Å². The summed E-state index contributed by atoms with van der Waals surface area (Å²) >= 11 is 0. The second-order valence-corrected chi connectivity index (χ2v) is 6.22. The summed E-state index contributed by atoms with van der Waals surface area (Å²) in [6.45, 7) is 1.88. The van der Waals surface area contributed by atoms with E-state index in [4.69, 9.17) is 12.2 Å². The molecule has 0 saturated heterocycles. The van der Waals surface area contributed by atoms with Crippen LogP contribution in [-0.4, -0.2) is 28.3 Å². The van der Waals surface area contributed by atoms with Crippen molar-refractivity contribution in [3.05, 3.63) is 0 Å². The predicted molar refractivity (Wildman–Crippen MR) is 74.6 cm³/mol. The molecule has 3 atom stereocenters. The molecule has 2 N–H and O–H groups in total. The van der Waals surface area contributed by atoms with Gasteiger partial charge in [-0.1, -0.05) is 12.3 Å². The zero-order valence-corrected chi connectivity index (χ0v) is 11.4. The minimum Gasteiger partial charge on any atom is -0.385 e. The van der Waals surface area contributed by atoms with Gasteiger partial charge in [-0.25, -0.2) is 4.79 Å². The molecule has 2 fully saturated rings. The monoisotopic (exact) mass is 259 g/mol. The molecule has 3 rings (SSSR count). The molecule has 0 bridgehead atoms. The number of amides is 2. The molecule has 2 amide bonds. The first kappa shape index (κ1) is 12.5. The number of nitrogens with zero attached hydrogens (tertiary/aromatic N) is 2. The molecule has 0 aromatic heterocycles. The minimum absolute atomic E-state index is 0.241. The van der Waals surface area contributed by atoms with Crippen molar-refractivity contribution in [1.29, 1.82) is 0 Å². The highest BCUT2D eigenvalue weighted by Crippen LogP contribution is 2.49. The van der Waals surface area contributed by atoms with Crippen molar-refractivity contribution in [3.63, 3.8) is 0 Å². The maximum absolute atomic E-state index is 12.1. The highest BCUT2D eigenvalue weighted by Gasteiger charge is 2.53. The number of amidine groups is 1. The first-order valence-electron chi connectivity index (χ1n) is 7.22. The Bertz CT molecular complexity index is 474. The minimum atomic E-state index is -0.394. The lowest BCUT2D eigenvalue weighted by Gasteiger charge is -2.45. The molecule has 0 aromatic carbocycles. The summed E-state index contributed by atoms with van der Waals surface area (Å²) in [6, 6.07) is -0.491. The first-order valence-corrected chi connectivity index (χ1v) is 7.22. The normalized spacial score (nSPS) is 36.2. The number of rotatable bonds is 2. The fourth-order valence-corrected chi connectivity index (χ4v) is 3.89. The summed E-state index contributed by atoms with van der Waals surface area (Å²) in [5, 5.41) is 0. The van der Waals surface area contributed by atoms with Crippen molar-refractivity contribution in [1.82, 2.24) is 4.90 Å². The van der Waals surface area contributed by atoms with Gasteiger partial charge in [-0.2, -0.15) is 4.99 Å². The number of carbonyl (C=O) groups is 1. The number of hydrogen-bond donors (Lipinski definition) is 1. The van der Waals surface area contributed by atoms with Crippen molar-refractivity contribution in [2.24, 2.45) is 22.6 Å². The van der Waals surface area contributed by atoms with Gasteiger partial charge in [-0.05, 0) is 50.9 Å². The van der Waals surface area contributed by atoms with Crippen LogP contribution in [0, 0.1) is 24.2 Å². The molecular formula is C15H21N3O. The molecular weight excluding hydrogens is 238 g/mol. The van der Waals surface area contributed by atoms with E-state index in [2.05, 4.69) is 10.9 Å². The van der Waals surface area contributed by atoms with Crippen LogP contribution in [0.1, 0.15) is 45.4 Å². The Morgan fingerprint density at radius 1 is 1.47 bits per heavy atom. The Hall–Kier alpha value is -1.50. The van der Waals surface area contributed by atoms with Gasteiger partial charge in [-0.3, -0.25) is 4.90 Å². The SMILES string of the molecule is C#CC(C)N1C(=O)N=C(N)C12CCCC(C1CC1)C2. The molecule has 2 saturated carbocycles. The van der Waals surface area contributed by atoms with E-state index in [1.165, 1.54) is 19.3 Å². The summed E-state index contributed by atoms with van der Waals surface area (Å²) < 4.78 is 0. The van der Waals surface area contributed by atoms with Gasteiger partial charge in [0.1, 0.15) is 11.4 Å². The summed E-state index contributed by atoms with van der Waals surface area (Å²) in [5.74, 6) is 4.67. The van der Waals surface area contributed by atoms with Crippen molar-refractivity contribution < 1.29 is 4.79 Å². The van der Waals surface area contributed by atoms with E-state index in [0.29, 0.717) is 11.8 Å². The quantitative estimate of drug-likeness (QED) is 0.772. The Morgan fingerprint density at radius 2 is 2.21 bits per heavy atom. The third kappa shape index (κ3) is 1.83. The highest BCUT2D eigenvalue weighted by atomic mass is 16.2. The second-order valence-electron chi connectivity index (χ2n) is 6.22. The number of terminal acetylenes is 1. The summed E-state index contributed by atoms with van der Waals surface area (Å²) in [4.78, 5) is 17.9. The van der Waals surface area contributed by atoms with Crippen LogP contribution < -0.4 is 5.73 Å². The van der Waals surface area contributed by atoms with Gasteiger partial charge in [0.15, 0.2) is 0 Å². The van der Waals surface area contributed by atoms with Crippen molar-refractivity contribution in [2.75, 3.05) is 0 Å². The molecule has 3 unspecified atom stereocenters. The number of aliphatic imine (C=N–C) groups is 1. The molecule has 1 aliphatic heterocycles. The predicted octanol–water partition coefficient (Wildman–Crippen LogP) is 2.14. The van der Waals surface area contributed by atoms with Gasteiger partial charge in [0, 0.05) is 0 Å². The van der Waals surface area contributed by atoms with E-state index in [0.717, 1.165) is 25.2 Å². The third-order valence-corrected chi connectivity index (χ3v) is 5.04. The van der Waals surface area contributed by atoms with Gasteiger partial charge in [-0.15, -0.1) is 6.42 Å². The van der Waals surface area contributed by atoms with Gasteiger partial charge in [0.2, 0.25) is 0 Å². The molecule has 4 heteroatoms. The lowest BCUT2D eigenvalue weighted by molar-refractivity contribution is 0.103. The van der Waals surface area contributed by atoms with E-state index in [9.17, 15) is 4.79 Å². The van der Waals surface area contributed by atoms with Gasteiger partial charge in [0.25, 0.3) is 0 Å². The molecule has 19 heavy (non-hydrogen) atoms. The van der Waals surface area contributed by atoms with Crippen LogP contribution in [0.25, 0.3) is 0 Å². The van der Waals surface area contributed by atoms with Crippen molar-refractivity contribution in [2.45, 2.75) is 57.0 Å². The molecule has 3 aliphatic rings. The average molecular weight is 259 g/mol. The Labute approximate surface area is 114 Å². The Kier molecular flexibility index (Phi) is 2.81. The largest absolute Gasteiger partial charge is 0.385 e. The molecule has 0 aromatic rings. The van der Waals surface area contributed by atoms with Crippen LogP contribution >= 0.6 is 0 Å². The highest BCUT2D eigenvalue weighted by molar-refractivity contribution is 6.06. The molecule has 1 heterocycles. The topological polar surface area (TPSA) is 58.7 Å². The number of nitrogens with two attached hydrogens (primary N) is 1. The van der Waals surface area contributed by atoms with Gasteiger partial charge < -0.3 is 5.73 Å². The zero-order chi connectivity index (χ0) is 13.6. The zero-order valence-electron chi connectivity index (χ0n) is 11.4. The van der Waals surface area contributed by atoms with E-state index in [1.54, 1.807) is 4.90 Å². The van der Waals surface area contributed by atoms with Gasteiger partial charge in [0.05, 0.1) is 6.04 Å². The standard InChI is InChI=1S/C15H21N3O/c1-3-10(2)18-14(19)17-13(16)15(18)8-4-5-12(9-15)11-6-7-11/h1,10-12H,4-9H2,2H3,(H2,16,17,19). The average Bonchev–Trinajstić information content (AvgIpc) is 3.20. The van der Waals surface area contributed by atoms with Crippen LogP contribution in [0.15, 0.2) is 4.99 Å². The first-order chi connectivity index (χ1) is 9.08. The van der Waals surface area contributed by atoms with Crippen molar-refractivity contribution >= 4 is 11.9 Å². The number of hydrogen-bond acceptors (Lipinski definition) is 2. The van der Waals surface area contributed by atoms with E-state index in [-0.39, 0.29) is 12.1 Å². The summed E-state index contributed by atoms with van der Waals surface area (Å²) in [5.41, 5.74) is 5.72. The number of urea groups is 1. The molecule has 1 spiro atoms. The lowest BCUT2D eigenvalue weighted by atomic mass is 9.72. The number of carbonyl (C=O) groups excluding carboxylic acids is 1. The van der Waals surface area contributed by atoms with Gasteiger partial charge >= 0.3 is 6.03 Å². The fraction of sp³-hybridized carbons (Fsp3) is 0.733. The third-order valence-electron chi connectivity index (χ3n) is 5.04. The second kappa shape index (κ2) is 4.26. The van der Waals surface area contributed by atoms with Crippen LogP contribution in [0.3, 0.4) is 0 Å². The molecule has 0 radical (unpaired) electrons. The van der Waals surface area contributed by atoms with E-state index >= 15 is 0 Å². The molecule has 2 aliphatic carbocycles. The smallest absolute Gasteiger partial charge is 0.347 e. The molecule has 4 nitrogen and oxygen atoms in total. The lowest BCUT2D eigenvalue weighted by Crippen LogP contribution is -2.59. The van der Waals surface area contributed by atoms with Crippen LogP contribution in [-0.2, 0) is 0 Å². The maximum Gasteiger partial charge on any atom is 0.347 e. The Morgan fingerprint density at radius 3 is 2.84 bits per heavy atom. The summed E-state index contributed by atoms with van der Waals surface area (Å²) in [6.07, 6.45) is 12.4. The van der Waals surface area contributed by atoms with Crippen LogP contribution in [0.4, 0.5) is 4.79 Å². The summed E-state index contributed by atoms with van der Waals surface area (Å²) in [7, 11) is 0. The van der Waals surface area contributed by atoms with Crippen LogP contribution in [0.2, 0.25) is 0 Å². The molecule has 102 valence electrons.